The van der Waals surface area contributed by atoms with Crippen LogP contribution in [0.15, 0.2) is 13.6 Å². The van der Waals surface area contributed by atoms with Crippen LogP contribution < -0.4 is 0 Å². The lowest BCUT2D eigenvalue weighted by atomic mass is 9.82. The average Bonchev–Trinajstić information content (AvgIpc) is 2.55. The first-order valence-electron chi connectivity index (χ1n) is 5.80. The largest absolute Gasteiger partial charge is 0.393 e. The Hall–Kier alpha value is 0.250. The molecule has 1 aromatic rings. The highest BCUT2D eigenvalue weighted by atomic mass is 79.9. The second-order valence-corrected chi connectivity index (χ2v) is 8.60. The van der Waals surface area contributed by atoms with Crippen LogP contribution in [0.2, 0.25) is 0 Å². The minimum Gasteiger partial charge on any atom is -0.393 e. The molecule has 0 spiro atoms. The molecule has 1 saturated carbocycles. The molecule has 0 unspecified atom stereocenters. The quantitative estimate of drug-likeness (QED) is 0.777. The highest BCUT2D eigenvalue weighted by Crippen LogP contribution is 2.32. The molecule has 3 nitrogen and oxygen atoms in total. The third kappa shape index (κ3) is 3.63. The summed E-state index contributed by atoms with van der Waals surface area (Å²) < 4.78 is 1.84. The normalized spacial score (nSPS) is 23.2. The summed E-state index contributed by atoms with van der Waals surface area (Å²) in [7, 11) is 1.96. The van der Waals surface area contributed by atoms with Gasteiger partial charge < -0.3 is 5.11 Å². The Balaban J connectivity index is 1.85. The maximum absolute atomic E-state index is 12.1. The molecule has 1 aliphatic carbocycles. The topological polar surface area (TPSA) is 40.5 Å². The molecule has 6 heteroatoms. The van der Waals surface area contributed by atoms with Gasteiger partial charge in [-0.25, -0.2) is 0 Å². The van der Waals surface area contributed by atoms with E-state index in [2.05, 4.69) is 31.9 Å². The van der Waals surface area contributed by atoms with Crippen LogP contribution in [-0.2, 0) is 0 Å². The van der Waals surface area contributed by atoms with Gasteiger partial charge in [-0.3, -0.25) is 9.69 Å². The number of aliphatic hydroxyl groups excluding tert-OH is 1. The molecule has 0 saturated heterocycles. The van der Waals surface area contributed by atoms with Gasteiger partial charge in [-0.1, -0.05) is 0 Å². The van der Waals surface area contributed by atoms with Gasteiger partial charge in [0.25, 0.3) is 0 Å². The summed E-state index contributed by atoms with van der Waals surface area (Å²) in [6.07, 6.45) is 1.61. The number of carbonyl (C=O) groups excluding carboxylic acids is 1. The van der Waals surface area contributed by atoms with Crippen LogP contribution in [-0.4, -0.2) is 42.0 Å². The van der Waals surface area contributed by atoms with Crippen LogP contribution in [0.5, 0.6) is 0 Å². The molecule has 0 atom stereocenters. The van der Waals surface area contributed by atoms with E-state index in [-0.39, 0.29) is 11.9 Å². The van der Waals surface area contributed by atoms with Crippen LogP contribution in [0.1, 0.15) is 23.2 Å². The first kappa shape index (κ1) is 14.7. The second kappa shape index (κ2) is 6.13. The lowest BCUT2D eigenvalue weighted by Crippen LogP contribution is -2.38. The second-order valence-electron chi connectivity index (χ2n) is 4.85. The fraction of sp³-hybridized carbons (Fsp3) is 0.583. The molecule has 1 heterocycles. The fourth-order valence-corrected chi connectivity index (χ4v) is 5.07. The van der Waals surface area contributed by atoms with Crippen molar-refractivity contribution in [2.24, 2.45) is 5.92 Å². The minimum atomic E-state index is -0.124. The summed E-state index contributed by atoms with van der Waals surface area (Å²) in [4.78, 5) is 14.1. The fourth-order valence-electron chi connectivity index (χ4n) is 2.22. The maximum atomic E-state index is 12.1. The number of thiophene rings is 1. The standard InChI is InChI=1S/C12H15Br2NO2S/c1-15(5-7-2-8(16)3-7)6-10(17)9-4-11(13)18-12(9)14/h4,7-8,16H,2-3,5-6H2,1H3. The monoisotopic (exact) mass is 395 g/mol. The van der Waals surface area contributed by atoms with Crippen LogP contribution in [0, 0.1) is 5.92 Å². The Kier molecular flexibility index (Phi) is 4.99. The number of hydrogen-bond donors (Lipinski definition) is 1. The Morgan fingerprint density at radius 2 is 2.22 bits per heavy atom. The smallest absolute Gasteiger partial charge is 0.178 e. The zero-order valence-corrected chi connectivity index (χ0v) is 14.0. The molecule has 1 fully saturated rings. The van der Waals surface area contributed by atoms with Crippen molar-refractivity contribution in [2.45, 2.75) is 18.9 Å². The zero-order chi connectivity index (χ0) is 13.3. The molecule has 0 bridgehead atoms. The Morgan fingerprint density at radius 3 is 2.72 bits per heavy atom. The van der Waals surface area contributed by atoms with E-state index in [0.29, 0.717) is 12.5 Å². The highest BCUT2D eigenvalue weighted by molar-refractivity contribution is 9.12. The predicted octanol–water partition coefficient (Wildman–Crippen LogP) is 3.16. The highest BCUT2D eigenvalue weighted by Gasteiger charge is 2.28. The van der Waals surface area contributed by atoms with Gasteiger partial charge in [0.1, 0.15) is 0 Å². The molecule has 1 aromatic heterocycles. The lowest BCUT2D eigenvalue weighted by molar-refractivity contribution is 0.0286. The SMILES string of the molecule is CN(CC(=O)c1cc(Br)sc1Br)CC1CC(O)C1. The van der Waals surface area contributed by atoms with E-state index in [9.17, 15) is 9.90 Å². The zero-order valence-electron chi connectivity index (χ0n) is 10.0. The van der Waals surface area contributed by atoms with Gasteiger partial charge in [-0.05, 0) is 63.7 Å². The molecule has 0 aromatic carbocycles. The number of rotatable bonds is 5. The average molecular weight is 397 g/mol. The number of likely N-dealkylation sites (N-methyl/N-ethyl adjacent to an activating group) is 1. The van der Waals surface area contributed by atoms with E-state index >= 15 is 0 Å². The van der Waals surface area contributed by atoms with E-state index in [1.54, 1.807) is 0 Å². The molecule has 18 heavy (non-hydrogen) atoms. The van der Waals surface area contributed by atoms with Gasteiger partial charge in [-0.2, -0.15) is 0 Å². The third-order valence-corrected chi connectivity index (χ3v) is 5.49. The van der Waals surface area contributed by atoms with E-state index in [1.165, 1.54) is 11.3 Å². The molecule has 0 radical (unpaired) electrons. The van der Waals surface area contributed by atoms with Crippen molar-refractivity contribution in [3.05, 3.63) is 19.2 Å². The van der Waals surface area contributed by atoms with Crippen molar-refractivity contribution < 1.29 is 9.90 Å². The van der Waals surface area contributed by atoms with Crippen molar-refractivity contribution in [1.29, 1.82) is 0 Å². The Bertz CT molecular complexity index is 443. The molecule has 0 amide bonds. The summed E-state index contributed by atoms with van der Waals surface area (Å²) in [6.45, 7) is 1.31. The van der Waals surface area contributed by atoms with Crippen LogP contribution >= 0.6 is 43.2 Å². The van der Waals surface area contributed by atoms with Gasteiger partial charge in [-0.15, -0.1) is 11.3 Å². The van der Waals surface area contributed by atoms with Gasteiger partial charge in [0, 0.05) is 12.1 Å². The number of ketones is 1. The van der Waals surface area contributed by atoms with Crippen LogP contribution in [0.4, 0.5) is 0 Å². The minimum absolute atomic E-state index is 0.124. The molecular formula is C12H15Br2NO2S. The summed E-state index contributed by atoms with van der Waals surface area (Å²) in [5.41, 5.74) is 0.743. The summed E-state index contributed by atoms with van der Waals surface area (Å²) in [5, 5.41) is 9.23. The van der Waals surface area contributed by atoms with Crippen LogP contribution in [0.3, 0.4) is 0 Å². The van der Waals surface area contributed by atoms with Crippen molar-refractivity contribution in [1.82, 2.24) is 4.90 Å². The summed E-state index contributed by atoms with van der Waals surface area (Å²) in [6, 6.07) is 1.86. The van der Waals surface area contributed by atoms with E-state index in [0.717, 1.165) is 32.5 Å². The lowest BCUT2D eigenvalue weighted by Gasteiger charge is -2.34. The Labute approximate surface area is 127 Å². The van der Waals surface area contributed by atoms with Gasteiger partial charge in [0.15, 0.2) is 5.78 Å². The van der Waals surface area contributed by atoms with Crippen molar-refractivity contribution >= 4 is 49.0 Å². The molecule has 0 aliphatic heterocycles. The van der Waals surface area contributed by atoms with Gasteiger partial charge >= 0.3 is 0 Å². The van der Waals surface area contributed by atoms with E-state index < -0.39 is 0 Å². The van der Waals surface area contributed by atoms with E-state index in [1.807, 2.05) is 18.0 Å². The van der Waals surface area contributed by atoms with Gasteiger partial charge in [0.2, 0.25) is 0 Å². The van der Waals surface area contributed by atoms with Crippen LogP contribution in [0.25, 0.3) is 0 Å². The molecular weight excluding hydrogens is 382 g/mol. The van der Waals surface area contributed by atoms with Gasteiger partial charge in [0.05, 0.1) is 20.2 Å². The first-order valence-corrected chi connectivity index (χ1v) is 8.20. The molecule has 1 N–H and O–H groups in total. The summed E-state index contributed by atoms with van der Waals surface area (Å²) in [5.74, 6) is 0.668. The maximum Gasteiger partial charge on any atom is 0.178 e. The third-order valence-electron chi connectivity index (χ3n) is 3.15. The predicted molar refractivity (Wildman–Crippen MR) is 80.3 cm³/mol. The number of nitrogens with zero attached hydrogens (tertiary/aromatic N) is 1. The van der Waals surface area contributed by atoms with Crippen molar-refractivity contribution in [2.75, 3.05) is 20.1 Å². The number of halogens is 2. The first-order chi connectivity index (χ1) is 8.45. The van der Waals surface area contributed by atoms with Crippen molar-refractivity contribution in [3.63, 3.8) is 0 Å². The van der Waals surface area contributed by atoms with Crippen molar-refractivity contribution in [3.8, 4) is 0 Å². The Morgan fingerprint density at radius 1 is 1.56 bits per heavy atom. The summed E-state index contributed by atoms with van der Waals surface area (Å²) >= 11 is 8.30. The number of carbonyl (C=O) groups is 1. The molecule has 100 valence electrons. The number of hydrogen-bond acceptors (Lipinski definition) is 4. The van der Waals surface area contributed by atoms with E-state index in [4.69, 9.17) is 0 Å². The number of Topliss-reactive ketones (excluding diaryl/α,β-unsaturated/α-hetero) is 1. The number of aliphatic hydroxyl groups is 1. The molecule has 2 rings (SSSR count). The molecule has 1 aliphatic rings.